The number of rotatable bonds is 5. The zero-order valence-electron chi connectivity index (χ0n) is 11.6. The Labute approximate surface area is 131 Å². The van der Waals surface area contributed by atoms with Gasteiger partial charge < -0.3 is 10.4 Å². The number of phenols is 1. The Morgan fingerprint density at radius 3 is 2.76 bits per heavy atom. The van der Waals surface area contributed by atoms with Crippen molar-refractivity contribution in [2.24, 2.45) is 0 Å². The van der Waals surface area contributed by atoms with Gasteiger partial charge in [0.15, 0.2) is 5.75 Å². The Morgan fingerprint density at radius 1 is 1.52 bits per heavy atom. The number of nitro benzene ring substituents is 1. The predicted molar refractivity (Wildman–Crippen MR) is 84.5 cm³/mol. The molecule has 1 saturated heterocycles. The lowest BCUT2D eigenvalue weighted by Crippen LogP contribution is -2.45. The molecule has 0 aromatic heterocycles. The summed E-state index contributed by atoms with van der Waals surface area (Å²) in [5.74, 6) is -0.256. The molecule has 0 radical (unpaired) electrons. The van der Waals surface area contributed by atoms with Crippen molar-refractivity contribution in [1.29, 1.82) is 0 Å². The summed E-state index contributed by atoms with van der Waals surface area (Å²) in [6.07, 6.45) is 2.40. The second-order valence-corrected chi connectivity index (χ2v) is 5.86. The van der Waals surface area contributed by atoms with Crippen LogP contribution in [-0.4, -0.2) is 41.1 Å². The van der Waals surface area contributed by atoms with Crippen LogP contribution in [0.1, 0.15) is 18.0 Å². The largest absolute Gasteiger partial charge is 0.502 e. The lowest BCUT2D eigenvalue weighted by Gasteiger charge is -2.35. The van der Waals surface area contributed by atoms with E-state index in [-0.39, 0.29) is 17.5 Å². The normalized spacial score (nSPS) is 17.4. The molecule has 2 N–H and O–H groups in total. The second-order valence-electron chi connectivity index (χ2n) is 4.95. The molecule has 114 valence electrons. The zero-order valence-corrected chi connectivity index (χ0v) is 13.2. The molecule has 0 unspecified atom stereocenters. The maximum atomic E-state index is 11.1. The molecule has 0 bridgehead atoms. The van der Waals surface area contributed by atoms with Crippen molar-refractivity contribution in [3.05, 3.63) is 44.9 Å². The number of halogens is 1. The summed E-state index contributed by atoms with van der Waals surface area (Å²) in [7, 11) is 0. The first kappa shape index (κ1) is 15.9. The third-order valence-electron chi connectivity index (χ3n) is 3.62. The average molecular weight is 356 g/mol. The summed E-state index contributed by atoms with van der Waals surface area (Å²) in [5.41, 5.74) is 0.293. The van der Waals surface area contributed by atoms with Crippen LogP contribution in [0.4, 0.5) is 5.69 Å². The number of nitrogens with one attached hydrogen (secondary N) is 1. The van der Waals surface area contributed by atoms with Crippen LogP contribution in [-0.2, 0) is 0 Å². The molecule has 21 heavy (non-hydrogen) atoms. The molecule has 0 aliphatic carbocycles. The fourth-order valence-electron chi connectivity index (χ4n) is 2.62. The van der Waals surface area contributed by atoms with E-state index in [0.29, 0.717) is 16.5 Å². The van der Waals surface area contributed by atoms with Crippen LogP contribution in [0.5, 0.6) is 5.75 Å². The Bertz CT molecular complexity index is 545. The van der Waals surface area contributed by atoms with Crippen molar-refractivity contribution in [2.45, 2.75) is 12.5 Å². The van der Waals surface area contributed by atoms with Gasteiger partial charge in [-0.3, -0.25) is 15.0 Å². The van der Waals surface area contributed by atoms with E-state index < -0.39 is 4.92 Å². The van der Waals surface area contributed by atoms with Crippen molar-refractivity contribution in [3.63, 3.8) is 0 Å². The molecule has 6 nitrogen and oxygen atoms in total. The maximum absolute atomic E-state index is 11.1. The highest BCUT2D eigenvalue weighted by molar-refractivity contribution is 9.10. The molecule has 1 aromatic rings. The molecule has 1 heterocycles. The van der Waals surface area contributed by atoms with E-state index in [1.807, 2.05) is 0 Å². The zero-order chi connectivity index (χ0) is 15.4. The first-order chi connectivity index (χ1) is 10.0. The first-order valence-electron chi connectivity index (χ1n) is 6.77. The molecule has 2 rings (SSSR count). The SMILES string of the molecule is C=CC[C@@H](c1cc(Br)cc([N+](=O)[O-])c1O)N1CCNCC1. The van der Waals surface area contributed by atoms with Crippen molar-refractivity contribution in [2.75, 3.05) is 26.2 Å². The average Bonchev–Trinajstić information content (AvgIpc) is 2.47. The second kappa shape index (κ2) is 7.02. The van der Waals surface area contributed by atoms with Crippen molar-refractivity contribution in [1.82, 2.24) is 10.2 Å². The standard InChI is InChI=1S/C14H18BrN3O3/c1-2-3-12(17-6-4-16-5-7-17)11-8-10(15)9-13(14(11)19)18(20)21/h2,8-9,12,16,19H,1,3-7H2/t12-/m0/s1. The van der Waals surface area contributed by atoms with Crippen molar-refractivity contribution < 1.29 is 10.0 Å². The summed E-state index contributed by atoms with van der Waals surface area (Å²) in [6.45, 7) is 7.16. The van der Waals surface area contributed by atoms with E-state index in [2.05, 4.69) is 32.7 Å². The summed E-state index contributed by atoms with van der Waals surface area (Å²) in [4.78, 5) is 12.7. The summed E-state index contributed by atoms with van der Waals surface area (Å²) >= 11 is 3.29. The highest BCUT2D eigenvalue weighted by Gasteiger charge is 2.28. The molecule has 0 saturated carbocycles. The lowest BCUT2D eigenvalue weighted by atomic mass is 9.99. The molecule has 1 aromatic carbocycles. The minimum atomic E-state index is -0.563. The van der Waals surface area contributed by atoms with Gasteiger partial charge in [-0.25, -0.2) is 0 Å². The van der Waals surface area contributed by atoms with Gasteiger partial charge in [-0.2, -0.15) is 0 Å². The fourth-order valence-corrected chi connectivity index (χ4v) is 3.09. The van der Waals surface area contributed by atoms with Crippen molar-refractivity contribution in [3.8, 4) is 5.75 Å². The maximum Gasteiger partial charge on any atom is 0.312 e. The van der Waals surface area contributed by atoms with Crippen LogP contribution in [0, 0.1) is 10.1 Å². The minimum Gasteiger partial charge on any atom is -0.502 e. The van der Waals surface area contributed by atoms with Crippen LogP contribution in [0.2, 0.25) is 0 Å². The number of nitro groups is 1. The Kier molecular flexibility index (Phi) is 5.33. The van der Waals surface area contributed by atoms with Gasteiger partial charge in [0, 0.05) is 48.3 Å². The molecule has 7 heteroatoms. The van der Waals surface area contributed by atoms with E-state index >= 15 is 0 Å². The Balaban J connectivity index is 2.43. The van der Waals surface area contributed by atoms with E-state index in [4.69, 9.17) is 0 Å². The van der Waals surface area contributed by atoms with Gasteiger partial charge in [0.1, 0.15) is 0 Å². The van der Waals surface area contributed by atoms with Gasteiger partial charge in [0.05, 0.1) is 4.92 Å². The molecule has 0 spiro atoms. The van der Waals surface area contributed by atoms with Gasteiger partial charge in [-0.15, -0.1) is 6.58 Å². The highest BCUT2D eigenvalue weighted by Crippen LogP contribution is 2.40. The summed E-state index contributed by atoms with van der Waals surface area (Å²) < 4.78 is 0.589. The van der Waals surface area contributed by atoms with Gasteiger partial charge in [-0.05, 0) is 12.5 Å². The number of nitrogens with zero attached hydrogens (tertiary/aromatic N) is 2. The Hall–Kier alpha value is -1.44. The van der Waals surface area contributed by atoms with Gasteiger partial charge in [0.25, 0.3) is 0 Å². The van der Waals surface area contributed by atoms with E-state index in [9.17, 15) is 15.2 Å². The molecule has 1 aliphatic rings. The van der Waals surface area contributed by atoms with Crippen LogP contribution in [0.25, 0.3) is 0 Å². The number of benzene rings is 1. The predicted octanol–water partition coefficient (Wildman–Crippen LogP) is 2.59. The molecule has 1 aliphatic heterocycles. The number of hydrogen-bond acceptors (Lipinski definition) is 5. The molecular formula is C14H18BrN3O3. The number of hydrogen-bond donors (Lipinski definition) is 2. The summed E-state index contributed by atoms with van der Waals surface area (Å²) in [6, 6.07) is 2.96. The smallest absolute Gasteiger partial charge is 0.312 e. The first-order valence-corrected chi connectivity index (χ1v) is 7.56. The Morgan fingerprint density at radius 2 is 2.19 bits per heavy atom. The lowest BCUT2D eigenvalue weighted by molar-refractivity contribution is -0.386. The van der Waals surface area contributed by atoms with E-state index in [0.717, 1.165) is 26.2 Å². The van der Waals surface area contributed by atoms with Gasteiger partial charge >= 0.3 is 5.69 Å². The van der Waals surface area contributed by atoms with Crippen LogP contribution >= 0.6 is 15.9 Å². The van der Waals surface area contributed by atoms with Gasteiger partial charge in [0.2, 0.25) is 0 Å². The monoisotopic (exact) mass is 355 g/mol. The topological polar surface area (TPSA) is 78.6 Å². The quantitative estimate of drug-likeness (QED) is 0.482. The van der Waals surface area contributed by atoms with E-state index in [1.54, 1.807) is 12.1 Å². The molecule has 1 atom stereocenters. The third kappa shape index (κ3) is 3.61. The van der Waals surface area contributed by atoms with Gasteiger partial charge in [-0.1, -0.05) is 22.0 Å². The van der Waals surface area contributed by atoms with E-state index in [1.165, 1.54) is 6.07 Å². The van der Waals surface area contributed by atoms with Crippen molar-refractivity contribution >= 4 is 21.6 Å². The summed E-state index contributed by atoms with van der Waals surface area (Å²) in [5, 5.41) is 24.6. The molecule has 1 fully saturated rings. The third-order valence-corrected chi connectivity index (χ3v) is 4.08. The fraction of sp³-hybridized carbons (Fsp3) is 0.429. The van der Waals surface area contributed by atoms with Crippen LogP contribution in [0.3, 0.4) is 0 Å². The number of phenolic OH excluding ortho intramolecular Hbond substituents is 1. The molecule has 0 amide bonds. The highest BCUT2D eigenvalue weighted by atomic mass is 79.9. The van der Waals surface area contributed by atoms with Crippen LogP contribution < -0.4 is 5.32 Å². The number of aromatic hydroxyl groups is 1. The number of piperazine rings is 1. The van der Waals surface area contributed by atoms with Crippen LogP contribution in [0.15, 0.2) is 29.3 Å². The molecular weight excluding hydrogens is 338 g/mol. The minimum absolute atomic E-state index is 0.110.